The summed E-state index contributed by atoms with van der Waals surface area (Å²) in [5.41, 5.74) is 1.10. The summed E-state index contributed by atoms with van der Waals surface area (Å²) in [6.45, 7) is 2.58. The summed E-state index contributed by atoms with van der Waals surface area (Å²) in [7, 11) is 1.92. The molecule has 1 N–H and O–H groups in total. The molecule has 0 unspecified atom stereocenters. The second-order valence-corrected chi connectivity index (χ2v) is 4.77. The molecule has 1 fully saturated rings. The van der Waals surface area contributed by atoms with Crippen molar-refractivity contribution in [1.82, 2.24) is 5.32 Å². The van der Waals surface area contributed by atoms with Crippen LogP contribution in [-0.4, -0.2) is 33.2 Å². The molecule has 5 heteroatoms. The Balaban J connectivity index is 1.81. The van der Waals surface area contributed by atoms with Crippen LogP contribution in [0.4, 0.5) is 0 Å². The highest BCUT2D eigenvalue weighted by Crippen LogP contribution is 2.38. The van der Waals surface area contributed by atoms with Crippen LogP contribution in [0.25, 0.3) is 0 Å². The van der Waals surface area contributed by atoms with E-state index in [1.165, 1.54) is 0 Å². The van der Waals surface area contributed by atoms with Crippen LogP contribution < -0.4 is 19.5 Å². The normalized spacial score (nSPS) is 18.6. The number of rotatable bonds is 4. The van der Waals surface area contributed by atoms with Gasteiger partial charge < -0.3 is 24.3 Å². The molecular formula is C14H19NO4. The van der Waals surface area contributed by atoms with Crippen molar-refractivity contribution in [3.63, 3.8) is 0 Å². The van der Waals surface area contributed by atoms with Gasteiger partial charge in [-0.2, -0.15) is 0 Å². The van der Waals surface area contributed by atoms with Crippen LogP contribution in [0, 0.1) is 0 Å². The molecule has 104 valence electrons. The lowest BCUT2D eigenvalue weighted by Crippen LogP contribution is -2.26. The van der Waals surface area contributed by atoms with E-state index in [0.29, 0.717) is 0 Å². The number of fused-ring (bicyclic) bond motifs is 1. The third kappa shape index (κ3) is 2.77. The van der Waals surface area contributed by atoms with Gasteiger partial charge >= 0.3 is 0 Å². The fourth-order valence-electron chi connectivity index (χ4n) is 2.38. The van der Waals surface area contributed by atoms with Gasteiger partial charge in [0.2, 0.25) is 6.79 Å². The maximum absolute atomic E-state index is 6.11. The Bertz CT molecular complexity index is 443. The minimum Gasteiger partial charge on any atom is -0.490 e. The SMILES string of the molecule is CNCc1cc2c(cc1OC1CCOCC1)OCO2. The maximum Gasteiger partial charge on any atom is 0.231 e. The lowest BCUT2D eigenvalue weighted by Gasteiger charge is -2.24. The molecule has 0 saturated carbocycles. The van der Waals surface area contributed by atoms with E-state index in [1.807, 2.05) is 19.2 Å². The number of ether oxygens (including phenoxy) is 4. The van der Waals surface area contributed by atoms with Crippen LogP contribution in [0.15, 0.2) is 12.1 Å². The van der Waals surface area contributed by atoms with Gasteiger partial charge in [-0.15, -0.1) is 0 Å². The van der Waals surface area contributed by atoms with Crippen LogP contribution in [0.5, 0.6) is 17.2 Å². The molecule has 1 aromatic carbocycles. The Morgan fingerprint density at radius 2 is 1.95 bits per heavy atom. The van der Waals surface area contributed by atoms with Crippen molar-refractivity contribution in [2.75, 3.05) is 27.1 Å². The highest BCUT2D eigenvalue weighted by Gasteiger charge is 2.21. The molecule has 2 aliphatic rings. The van der Waals surface area contributed by atoms with Crippen molar-refractivity contribution in [2.24, 2.45) is 0 Å². The quantitative estimate of drug-likeness (QED) is 0.897. The Morgan fingerprint density at radius 1 is 1.21 bits per heavy atom. The fourth-order valence-corrected chi connectivity index (χ4v) is 2.38. The third-order valence-electron chi connectivity index (χ3n) is 3.38. The molecule has 2 aliphatic heterocycles. The van der Waals surface area contributed by atoms with Crippen LogP contribution >= 0.6 is 0 Å². The number of hydrogen-bond donors (Lipinski definition) is 1. The molecule has 0 aromatic heterocycles. The zero-order valence-electron chi connectivity index (χ0n) is 11.1. The summed E-state index contributed by atoms with van der Waals surface area (Å²) in [4.78, 5) is 0. The average molecular weight is 265 g/mol. The smallest absolute Gasteiger partial charge is 0.231 e. The minimum absolute atomic E-state index is 0.227. The second-order valence-electron chi connectivity index (χ2n) is 4.77. The van der Waals surface area contributed by atoms with Gasteiger partial charge in [0, 0.05) is 31.0 Å². The lowest BCUT2D eigenvalue weighted by atomic mass is 10.1. The first-order valence-electron chi connectivity index (χ1n) is 6.68. The Morgan fingerprint density at radius 3 is 2.68 bits per heavy atom. The monoisotopic (exact) mass is 265 g/mol. The van der Waals surface area contributed by atoms with Gasteiger partial charge in [0.05, 0.1) is 13.2 Å². The molecular weight excluding hydrogens is 246 g/mol. The van der Waals surface area contributed by atoms with Crippen molar-refractivity contribution in [3.05, 3.63) is 17.7 Å². The predicted molar refractivity (Wildman–Crippen MR) is 69.8 cm³/mol. The molecule has 0 amide bonds. The largest absolute Gasteiger partial charge is 0.490 e. The molecule has 0 spiro atoms. The van der Waals surface area contributed by atoms with E-state index in [0.717, 1.165) is 55.4 Å². The first kappa shape index (κ1) is 12.6. The van der Waals surface area contributed by atoms with Gasteiger partial charge in [-0.3, -0.25) is 0 Å². The summed E-state index contributed by atoms with van der Waals surface area (Å²) >= 11 is 0. The van der Waals surface area contributed by atoms with E-state index < -0.39 is 0 Å². The van der Waals surface area contributed by atoms with Crippen molar-refractivity contribution in [1.29, 1.82) is 0 Å². The van der Waals surface area contributed by atoms with Gasteiger partial charge in [0.15, 0.2) is 11.5 Å². The maximum atomic E-state index is 6.11. The summed E-state index contributed by atoms with van der Waals surface area (Å²) in [5, 5.41) is 3.15. The van der Waals surface area contributed by atoms with Crippen LogP contribution in [0.3, 0.4) is 0 Å². The molecule has 5 nitrogen and oxygen atoms in total. The second kappa shape index (κ2) is 5.67. The van der Waals surface area contributed by atoms with Gasteiger partial charge in [-0.1, -0.05) is 0 Å². The molecule has 1 saturated heterocycles. The standard InChI is InChI=1S/C14H19NO4/c1-15-8-10-6-13-14(18-9-17-13)7-12(10)19-11-2-4-16-5-3-11/h6-7,11,15H,2-5,8-9H2,1H3. The molecule has 0 radical (unpaired) electrons. The third-order valence-corrected chi connectivity index (χ3v) is 3.38. The number of hydrogen-bond acceptors (Lipinski definition) is 5. The van der Waals surface area contributed by atoms with Crippen LogP contribution in [0.2, 0.25) is 0 Å². The summed E-state index contributed by atoms with van der Waals surface area (Å²) in [5.74, 6) is 2.44. The summed E-state index contributed by atoms with van der Waals surface area (Å²) in [6.07, 6.45) is 2.10. The highest BCUT2D eigenvalue weighted by atomic mass is 16.7. The first-order valence-corrected chi connectivity index (χ1v) is 6.68. The molecule has 3 rings (SSSR count). The molecule has 0 aliphatic carbocycles. The van der Waals surface area contributed by atoms with Gasteiger partial charge in [-0.25, -0.2) is 0 Å². The van der Waals surface area contributed by atoms with Gasteiger partial charge in [-0.05, 0) is 13.1 Å². The summed E-state index contributed by atoms with van der Waals surface area (Å²) < 4.78 is 22.3. The average Bonchev–Trinajstić information content (AvgIpc) is 2.88. The van der Waals surface area contributed by atoms with E-state index in [2.05, 4.69) is 5.32 Å². The van der Waals surface area contributed by atoms with Gasteiger partial charge in [0.25, 0.3) is 0 Å². The van der Waals surface area contributed by atoms with Crippen molar-refractivity contribution in [3.8, 4) is 17.2 Å². The van der Waals surface area contributed by atoms with E-state index in [-0.39, 0.29) is 12.9 Å². The molecule has 1 aromatic rings. The zero-order valence-corrected chi connectivity index (χ0v) is 11.1. The lowest BCUT2D eigenvalue weighted by molar-refractivity contribution is 0.0251. The molecule has 19 heavy (non-hydrogen) atoms. The zero-order chi connectivity index (χ0) is 13.1. The Hall–Kier alpha value is -1.46. The minimum atomic E-state index is 0.227. The Labute approximate surface area is 112 Å². The molecule has 0 bridgehead atoms. The van der Waals surface area contributed by atoms with E-state index in [4.69, 9.17) is 18.9 Å². The van der Waals surface area contributed by atoms with E-state index in [1.54, 1.807) is 0 Å². The van der Waals surface area contributed by atoms with Crippen molar-refractivity contribution < 1.29 is 18.9 Å². The molecule has 2 heterocycles. The predicted octanol–water partition coefficient (Wildman–Crippen LogP) is 1.69. The first-order chi connectivity index (χ1) is 9.36. The van der Waals surface area contributed by atoms with Crippen LogP contribution in [-0.2, 0) is 11.3 Å². The van der Waals surface area contributed by atoms with Crippen molar-refractivity contribution >= 4 is 0 Å². The number of benzene rings is 1. The van der Waals surface area contributed by atoms with Gasteiger partial charge in [0.1, 0.15) is 11.9 Å². The Kier molecular flexibility index (Phi) is 3.75. The number of nitrogens with one attached hydrogen (secondary N) is 1. The van der Waals surface area contributed by atoms with E-state index >= 15 is 0 Å². The van der Waals surface area contributed by atoms with Crippen LogP contribution in [0.1, 0.15) is 18.4 Å². The molecule has 0 atom stereocenters. The van der Waals surface area contributed by atoms with Crippen molar-refractivity contribution in [2.45, 2.75) is 25.5 Å². The summed E-state index contributed by atoms with van der Waals surface area (Å²) in [6, 6.07) is 3.93. The highest BCUT2D eigenvalue weighted by molar-refractivity contribution is 5.51. The fraction of sp³-hybridized carbons (Fsp3) is 0.571. The topological polar surface area (TPSA) is 49.0 Å². The van der Waals surface area contributed by atoms with E-state index in [9.17, 15) is 0 Å².